The van der Waals surface area contributed by atoms with Gasteiger partial charge in [0.1, 0.15) is 0 Å². The van der Waals surface area contributed by atoms with Crippen molar-refractivity contribution in [2.24, 2.45) is 5.92 Å². The van der Waals surface area contributed by atoms with Gasteiger partial charge in [0.05, 0.1) is 0 Å². The van der Waals surface area contributed by atoms with Crippen molar-refractivity contribution in [3.63, 3.8) is 0 Å². The van der Waals surface area contributed by atoms with E-state index in [1.165, 1.54) is 12.8 Å². The Morgan fingerprint density at radius 3 is 1.82 bits per heavy atom. The van der Waals surface area contributed by atoms with E-state index in [0.29, 0.717) is 0 Å². The second-order valence-corrected chi connectivity index (χ2v) is 2.77. The first-order valence-electron chi connectivity index (χ1n) is 4.87. The molecule has 0 saturated heterocycles. The van der Waals surface area contributed by atoms with Crippen molar-refractivity contribution >= 4 is 0 Å². The molecule has 0 spiro atoms. The Kier molecular flexibility index (Phi) is 11.8. The summed E-state index contributed by atoms with van der Waals surface area (Å²) in [6, 6.07) is 0. The predicted molar refractivity (Wildman–Crippen MR) is 54.9 cm³/mol. The van der Waals surface area contributed by atoms with E-state index in [2.05, 4.69) is 33.8 Å². The summed E-state index contributed by atoms with van der Waals surface area (Å²) in [6.45, 7) is 12.9. The second-order valence-electron chi connectivity index (χ2n) is 2.77. The van der Waals surface area contributed by atoms with Gasteiger partial charge in [0.25, 0.3) is 0 Å². The van der Waals surface area contributed by atoms with Crippen molar-refractivity contribution in [3.05, 3.63) is 11.6 Å². The molecule has 0 aromatic carbocycles. The van der Waals surface area contributed by atoms with E-state index in [-0.39, 0.29) is 0 Å². The van der Waals surface area contributed by atoms with Crippen LogP contribution in [0, 0.1) is 5.92 Å². The highest BCUT2D eigenvalue weighted by atomic mass is 14.0. The zero-order valence-electron chi connectivity index (χ0n) is 9.07. The number of allylic oxidation sites excluding steroid dienone is 2. The summed E-state index contributed by atoms with van der Waals surface area (Å²) in [7, 11) is 0. The van der Waals surface area contributed by atoms with Crippen LogP contribution in [-0.2, 0) is 0 Å². The third-order valence-electron chi connectivity index (χ3n) is 1.65. The lowest BCUT2D eigenvalue weighted by Gasteiger charge is -2.07. The summed E-state index contributed by atoms with van der Waals surface area (Å²) in [5.74, 6) is 0.745. The average Bonchev–Trinajstić information content (AvgIpc) is 2.03. The quantitative estimate of drug-likeness (QED) is 0.531. The first kappa shape index (κ1) is 13.3. The smallest absolute Gasteiger partial charge is 0.0260 e. The van der Waals surface area contributed by atoms with E-state index < -0.39 is 0 Å². The Balaban J connectivity index is 0. The van der Waals surface area contributed by atoms with Gasteiger partial charge in [-0.1, -0.05) is 52.7 Å². The number of hydrogen-bond acceptors (Lipinski definition) is 0. The summed E-state index contributed by atoms with van der Waals surface area (Å²) in [5, 5.41) is 0. The van der Waals surface area contributed by atoms with Crippen molar-refractivity contribution in [3.8, 4) is 0 Å². The molecule has 0 aliphatic rings. The highest BCUT2D eigenvalue weighted by Gasteiger charge is 1.98. The van der Waals surface area contributed by atoms with E-state index in [1.807, 2.05) is 13.8 Å². The largest absolute Gasteiger partial charge is 0.0882 e. The lowest BCUT2D eigenvalue weighted by atomic mass is 9.99. The van der Waals surface area contributed by atoms with Crippen molar-refractivity contribution in [1.82, 2.24) is 0 Å². The van der Waals surface area contributed by atoms with Crippen LogP contribution in [-0.4, -0.2) is 0 Å². The summed E-state index contributed by atoms with van der Waals surface area (Å²) >= 11 is 0. The monoisotopic (exact) mass is 156 g/mol. The molecule has 0 aliphatic heterocycles. The van der Waals surface area contributed by atoms with Gasteiger partial charge in [0.2, 0.25) is 0 Å². The minimum Gasteiger partial charge on any atom is -0.0882 e. The topological polar surface area (TPSA) is 0 Å². The maximum Gasteiger partial charge on any atom is -0.0260 e. The highest BCUT2D eigenvalue weighted by molar-refractivity contribution is 5.02. The fourth-order valence-electron chi connectivity index (χ4n) is 1.06. The Bertz CT molecular complexity index is 88.2. The van der Waals surface area contributed by atoms with Crippen LogP contribution in [0.25, 0.3) is 0 Å². The van der Waals surface area contributed by atoms with Gasteiger partial charge in [-0.3, -0.25) is 0 Å². The molecule has 0 amide bonds. The van der Waals surface area contributed by atoms with Crippen molar-refractivity contribution in [2.75, 3.05) is 0 Å². The average molecular weight is 156 g/mol. The normalized spacial score (nSPS) is 11.0. The van der Waals surface area contributed by atoms with Crippen molar-refractivity contribution < 1.29 is 0 Å². The van der Waals surface area contributed by atoms with Crippen LogP contribution in [0.2, 0.25) is 0 Å². The van der Waals surface area contributed by atoms with Gasteiger partial charge in [0, 0.05) is 0 Å². The first-order valence-corrected chi connectivity index (χ1v) is 4.87. The maximum absolute atomic E-state index is 2.25. The standard InChI is InChI=1S/C9H18.C2H6/c1-5-7-9(6-2)8(3)4;1-2/h6,8H,5,7H2,1-4H3;1-2H3/b9-6+;. The second kappa shape index (κ2) is 9.74. The molecule has 0 atom stereocenters. The molecule has 0 aromatic heterocycles. The number of hydrogen-bond donors (Lipinski definition) is 0. The fourth-order valence-corrected chi connectivity index (χ4v) is 1.06. The van der Waals surface area contributed by atoms with Crippen molar-refractivity contribution in [1.29, 1.82) is 0 Å². The summed E-state index contributed by atoms with van der Waals surface area (Å²) < 4.78 is 0. The zero-order valence-corrected chi connectivity index (χ0v) is 9.07. The van der Waals surface area contributed by atoms with Gasteiger partial charge < -0.3 is 0 Å². The lowest BCUT2D eigenvalue weighted by Crippen LogP contribution is -1.92. The van der Waals surface area contributed by atoms with Gasteiger partial charge in [-0.15, -0.1) is 0 Å². The van der Waals surface area contributed by atoms with Crippen LogP contribution in [0.5, 0.6) is 0 Å². The Hall–Kier alpha value is -0.260. The van der Waals surface area contributed by atoms with Crippen molar-refractivity contribution in [2.45, 2.75) is 54.4 Å². The Morgan fingerprint density at radius 2 is 1.73 bits per heavy atom. The van der Waals surface area contributed by atoms with Gasteiger partial charge in [-0.2, -0.15) is 0 Å². The van der Waals surface area contributed by atoms with Crippen LogP contribution in [0.4, 0.5) is 0 Å². The lowest BCUT2D eigenvalue weighted by molar-refractivity contribution is 0.700. The molecular weight excluding hydrogens is 132 g/mol. The molecule has 0 aliphatic carbocycles. The van der Waals surface area contributed by atoms with Crippen LogP contribution in [0.3, 0.4) is 0 Å². The third-order valence-corrected chi connectivity index (χ3v) is 1.65. The van der Waals surface area contributed by atoms with Crippen LogP contribution < -0.4 is 0 Å². The maximum atomic E-state index is 2.25. The molecule has 0 fully saturated rings. The van der Waals surface area contributed by atoms with E-state index in [9.17, 15) is 0 Å². The molecule has 0 aromatic rings. The molecule has 0 N–H and O–H groups in total. The first-order chi connectivity index (χ1) is 5.22. The van der Waals surface area contributed by atoms with Gasteiger partial charge in [-0.05, 0) is 19.3 Å². The molecule has 0 unspecified atom stereocenters. The van der Waals surface area contributed by atoms with Crippen LogP contribution in [0.15, 0.2) is 11.6 Å². The van der Waals surface area contributed by atoms with Crippen LogP contribution in [0.1, 0.15) is 54.4 Å². The van der Waals surface area contributed by atoms with E-state index >= 15 is 0 Å². The van der Waals surface area contributed by atoms with E-state index in [0.717, 1.165) is 5.92 Å². The molecule has 68 valence electrons. The molecule has 0 rings (SSSR count). The molecule has 0 saturated carbocycles. The fraction of sp³-hybridized carbons (Fsp3) is 0.818. The molecule has 11 heavy (non-hydrogen) atoms. The van der Waals surface area contributed by atoms with E-state index in [4.69, 9.17) is 0 Å². The predicted octanol–water partition coefficient (Wildman–Crippen LogP) is 4.42. The van der Waals surface area contributed by atoms with Gasteiger partial charge in [-0.25, -0.2) is 0 Å². The molecule has 0 nitrogen and oxygen atoms in total. The zero-order chi connectivity index (χ0) is 9.28. The highest BCUT2D eigenvalue weighted by Crippen LogP contribution is 2.14. The third kappa shape index (κ3) is 7.64. The SMILES string of the molecule is C/C=C(\CCC)C(C)C.CC. The summed E-state index contributed by atoms with van der Waals surface area (Å²) in [4.78, 5) is 0. The molecule has 0 heterocycles. The Morgan fingerprint density at radius 1 is 1.27 bits per heavy atom. The summed E-state index contributed by atoms with van der Waals surface area (Å²) in [6.07, 6.45) is 4.79. The molecule has 0 heteroatoms. The van der Waals surface area contributed by atoms with Crippen LogP contribution >= 0.6 is 0 Å². The van der Waals surface area contributed by atoms with E-state index in [1.54, 1.807) is 5.57 Å². The van der Waals surface area contributed by atoms with Gasteiger partial charge >= 0.3 is 0 Å². The minimum absolute atomic E-state index is 0.745. The number of rotatable bonds is 3. The van der Waals surface area contributed by atoms with Gasteiger partial charge in [0.15, 0.2) is 0 Å². The molecular formula is C11H24. The minimum atomic E-state index is 0.745. The molecule has 0 radical (unpaired) electrons. The summed E-state index contributed by atoms with van der Waals surface area (Å²) in [5.41, 5.74) is 1.59. The Labute approximate surface area is 72.7 Å². The molecule has 0 bridgehead atoms.